The van der Waals surface area contributed by atoms with Crippen molar-refractivity contribution in [3.05, 3.63) is 59.4 Å². The Bertz CT molecular complexity index is 699. The summed E-state index contributed by atoms with van der Waals surface area (Å²) in [5.74, 6) is 0.277. The van der Waals surface area contributed by atoms with Crippen molar-refractivity contribution in [2.24, 2.45) is 0 Å². The molecule has 0 saturated carbocycles. The van der Waals surface area contributed by atoms with E-state index in [4.69, 9.17) is 4.74 Å². The summed E-state index contributed by atoms with van der Waals surface area (Å²) in [6, 6.07) is 12.0. The van der Waals surface area contributed by atoms with Crippen LogP contribution >= 0.6 is 0 Å². The molecule has 1 heterocycles. The number of anilines is 1. The van der Waals surface area contributed by atoms with Gasteiger partial charge in [0.2, 0.25) is 0 Å². The minimum atomic E-state index is -0.534. The fourth-order valence-electron chi connectivity index (χ4n) is 2.50. The van der Waals surface area contributed by atoms with Gasteiger partial charge in [-0.2, -0.15) is 0 Å². The molecule has 0 fully saturated rings. The van der Waals surface area contributed by atoms with E-state index in [1.54, 1.807) is 17.9 Å². The van der Waals surface area contributed by atoms with E-state index >= 15 is 0 Å². The lowest BCUT2D eigenvalue weighted by atomic mass is 10.1. The fraction of sp³-hybridized carbons (Fsp3) is 0.235. The minimum Gasteiger partial charge on any atom is -0.479 e. The van der Waals surface area contributed by atoms with E-state index in [1.165, 1.54) is 12.1 Å². The van der Waals surface area contributed by atoms with Gasteiger partial charge in [-0.25, -0.2) is 4.39 Å². The molecule has 0 bridgehead atoms. The number of amides is 1. The smallest absolute Gasteiger partial charge is 0.268 e. The quantitative estimate of drug-likeness (QED) is 0.846. The molecule has 1 unspecified atom stereocenters. The van der Waals surface area contributed by atoms with Gasteiger partial charge in [-0.3, -0.25) is 4.79 Å². The first-order valence-electron chi connectivity index (χ1n) is 6.88. The molecule has 3 rings (SSSR count). The van der Waals surface area contributed by atoms with Gasteiger partial charge in [0, 0.05) is 0 Å². The number of hydrogen-bond acceptors (Lipinski definition) is 2. The summed E-state index contributed by atoms with van der Waals surface area (Å²) in [4.78, 5) is 14.0. The van der Waals surface area contributed by atoms with Crippen LogP contribution < -0.4 is 9.64 Å². The molecule has 108 valence electrons. The molecule has 2 aromatic rings. The Morgan fingerprint density at radius 1 is 1.24 bits per heavy atom. The molecule has 21 heavy (non-hydrogen) atoms. The predicted octanol–water partition coefficient (Wildman–Crippen LogP) is 3.45. The van der Waals surface area contributed by atoms with Gasteiger partial charge in [-0.05, 0) is 49.2 Å². The van der Waals surface area contributed by atoms with Crippen molar-refractivity contribution in [3.63, 3.8) is 0 Å². The summed E-state index contributed by atoms with van der Waals surface area (Å²) in [5.41, 5.74) is 2.55. The van der Waals surface area contributed by atoms with E-state index in [0.29, 0.717) is 12.3 Å². The van der Waals surface area contributed by atoms with Crippen LogP contribution in [0, 0.1) is 12.7 Å². The van der Waals surface area contributed by atoms with Crippen molar-refractivity contribution in [2.75, 3.05) is 4.90 Å². The number of halogens is 1. The zero-order valence-corrected chi connectivity index (χ0v) is 12.0. The van der Waals surface area contributed by atoms with Gasteiger partial charge >= 0.3 is 0 Å². The summed E-state index contributed by atoms with van der Waals surface area (Å²) in [6.45, 7) is 4.04. The fourth-order valence-corrected chi connectivity index (χ4v) is 2.50. The second-order valence-electron chi connectivity index (χ2n) is 5.29. The highest BCUT2D eigenvalue weighted by Crippen LogP contribution is 2.35. The molecule has 1 aliphatic heterocycles. The molecule has 1 aliphatic rings. The van der Waals surface area contributed by atoms with Gasteiger partial charge in [0.25, 0.3) is 5.91 Å². The third kappa shape index (κ3) is 2.61. The van der Waals surface area contributed by atoms with Crippen LogP contribution in [0.4, 0.5) is 10.1 Å². The highest BCUT2D eigenvalue weighted by Gasteiger charge is 2.31. The molecule has 0 saturated heterocycles. The zero-order chi connectivity index (χ0) is 15.0. The molecule has 4 heteroatoms. The van der Waals surface area contributed by atoms with E-state index in [0.717, 1.165) is 16.8 Å². The number of nitrogens with zero attached hydrogens (tertiary/aromatic N) is 1. The Morgan fingerprint density at radius 3 is 2.81 bits per heavy atom. The molecule has 2 aromatic carbocycles. The van der Waals surface area contributed by atoms with Gasteiger partial charge in [0.15, 0.2) is 6.10 Å². The van der Waals surface area contributed by atoms with Crippen LogP contribution in [0.1, 0.15) is 18.1 Å². The Labute approximate surface area is 123 Å². The SMILES string of the molecule is Cc1ccc2c(c1)OC(C)C(=O)N2Cc1cccc(F)c1. The van der Waals surface area contributed by atoms with Crippen molar-refractivity contribution in [3.8, 4) is 5.75 Å². The Hall–Kier alpha value is -2.36. The van der Waals surface area contributed by atoms with Crippen molar-refractivity contribution < 1.29 is 13.9 Å². The lowest BCUT2D eigenvalue weighted by molar-refractivity contribution is -0.125. The van der Waals surface area contributed by atoms with Gasteiger partial charge in [0.05, 0.1) is 12.2 Å². The van der Waals surface area contributed by atoms with Crippen LogP contribution in [0.15, 0.2) is 42.5 Å². The second kappa shape index (κ2) is 5.20. The van der Waals surface area contributed by atoms with Crippen LogP contribution in [0.3, 0.4) is 0 Å². The summed E-state index contributed by atoms with van der Waals surface area (Å²) in [5, 5.41) is 0. The molecular formula is C17H16FNO2. The normalized spacial score (nSPS) is 17.4. The second-order valence-corrected chi connectivity index (χ2v) is 5.29. The van der Waals surface area contributed by atoms with E-state index in [1.807, 2.05) is 31.2 Å². The molecule has 1 atom stereocenters. The first kappa shape index (κ1) is 13.6. The van der Waals surface area contributed by atoms with Crippen LogP contribution in [-0.4, -0.2) is 12.0 Å². The number of carbonyl (C=O) groups excluding carboxylic acids is 1. The summed E-state index contributed by atoms with van der Waals surface area (Å²) < 4.78 is 19.0. The summed E-state index contributed by atoms with van der Waals surface area (Å²) >= 11 is 0. The predicted molar refractivity (Wildman–Crippen MR) is 78.9 cm³/mol. The number of benzene rings is 2. The minimum absolute atomic E-state index is 0.115. The van der Waals surface area contributed by atoms with Crippen molar-refractivity contribution in [2.45, 2.75) is 26.5 Å². The number of rotatable bonds is 2. The Balaban J connectivity index is 1.99. The topological polar surface area (TPSA) is 29.5 Å². The first-order valence-corrected chi connectivity index (χ1v) is 6.88. The maximum Gasteiger partial charge on any atom is 0.268 e. The van der Waals surface area contributed by atoms with Crippen molar-refractivity contribution in [1.82, 2.24) is 0 Å². The highest BCUT2D eigenvalue weighted by molar-refractivity contribution is 5.99. The van der Waals surface area contributed by atoms with Gasteiger partial charge < -0.3 is 9.64 Å². The lowest BCUT2D eigenvalue weighted by Gasteiger charge is -2.33. The van der Waals surface area contributed by atoms with Crippen LogP contribution in [0.5, 0.6) is 5.75 Å². The first-order chi connectivity index (χ1) is 10.0. The average Bonchev–Trinajstić information content (AvgIpc) is 2.44. The third-order valence-electron chi connectivity index (χ3n) is 3.55. The Kier molecular flexibility index (Phi) is 3.37. The number of ether oxygens (including phenoxy) is 1. The molecule has 0 N–H and O–H groups in total. The summed E-state index contributed by atoms with van der Waals surface area (Å²) in [7, 11) is 0. The molecule has 0 spiro atoms. The molecule has 3 nitrogen and oxygen atoms in total. The molecule has 1 amide bonds. The largest absolute Gasteiger partial charge is 0.479 e. The van der Waals surface area contributed by atoms with E-state index in [2.05, 4.69) is 0 Å². The number of aryl methyl sites for hydroxylation is 1. The van der Waals surface area contributed by atoms with Crippen molar-refractivity contribution in [1.29, 1.82) is 0 Å². The van der Waals surface area contributed by atoms with Crippen LogP contribution in [0.25, 0.3) is 0 Å². The third-order valence-corrected chi connectivity index (χ3v) is 3.55. The molecule has 0 radical (unpaired) electrons. The number of hydrogen-bond donors (Lipinski definition) is 0. The lowest BCUT2D eigenvalue weighted by Crippen LogP contribution is -2.44. The van der Waals surface area contributed by atoms with E-state index in [9.17, 15) is 9.18 Å². The van der Waals surface area contributed by atoms with E-state index in [-0.39, 0.29) is 11.7 Å². The number of carbonyl (C=O) groups is 1. The molecule has 0 aromatic heterocycles. The molecular weight excluding hydrogens is 269 g/mol. The van der Waals surface area contributed by atoms with Gasteiger partial charge in [-0.1, -0.05) is 18.2 Å². The van der Waals surface area contributed by atoms with Gasteiger partial charge in [-0.15, -0.1) is 0 Å². The zero-order valence-electron chi connectivity index (χ0n) is 12.0. The Morgan fingerprint density at radius 2 is 2.05 bits per heavy atom. The monoisotopic (exact) mass is 285 g/mol. The highest BCUT2D eigenvalue weighted by atomic mass is 19.1. The maximum atomic E-state index is 13.3. The van der Waals surface area contributed by atoms with E-state index < -0.39 is 6.10 Å². The van der Waals surface area contributed by atoms with Crippen LogP contribution in [-0.2, 0) is 11.3 Å². The number of fused-ring (bicyclic) bond motifs is 1. The van der Waals surface area contributed by atoms with Crippen molar-refractivity contribution >= 4 is 11.6 Å². The summed E-state index contributed by atoms with van der Waals surface area (Å²) in [6.07, 6.45) is -0.534. The van der Waals surface area contributed by atoms with Crippen LogP contribution in [0.2, 0.25) is 0 Å². The maximum absolute atomic E-state index is 13.3. The average molecular weight is 285 g/mol. The molecule has 0 aliphatic carbocycles. The standard InChI is InChI=1S/C17H16FNO2/c1-11-6-7-15-16(8-11)21-12(2)17(20)19(15)10-13-4-3-5-14(18)9-13/h3-9,12H,10H2,1-2H3. The van der Waals surface area contributed by atoms with Gasteiger partial charge in [0.1, 0.15) is 11.6 Å².